The number of anilines is 1. The highest BCUT2D eigenvalue weighted by Gasteiger charge is 2.58. The van der Waals surface area contributed by atoms with Crippen molar-refractivity contribution >= 4 is 25.1 Å². The Morgan fingerprint density at radius 2 is 2.10 bits per heavy atom. The summed E-state index contributed by atoms with van der Waals surface area (Å²) in [6.07, 6.45) is -0.145. The lowest BCUT2D eigenvalue weighted by Crippen LogP contribution is -2.50. The molecule has 15 heteroatoms. The Kier molecular flexibility index (Phi) is 7.86. The molecule has 5 rings (SSSR count). The first-order chi connectivity index (χ1) is 19.0. The van der Waals surface area contributed by atoms with Gasteiger partial charge in [0.2, 0.25) is 0 Å². The molecule has 4 heterocycles. The number of carbonyl (C=O) groups is 1. The zero-order valence-corrected chi connectivity index (χ0v) is 22.9. The molecule has 0 aliphatic carbocycles. The van der Waals surface area contributed by atoms with Crippen LogP contribution in [0.3, 0.4) is 0 Å². The summed E-state index contributed by atoms with van der Waals surface area (Å²) < 4.78 is 43.2. The highest BCUT2D eigenvalue weighted by Crippen LogP contribution is 2.48. The number of benzene rings is 1. The number of nitrogens with two attached hydrogens (primary N) is 1. The lowest BCUT2D eigenvalue weighted by Gasteiger charge is -2.33. The molecule has 0 radical (unpaired) electrons. The molecule has 1 aromatic carbocycles. The number of esters is 1. The van der Waals surface area contributed by atoms with Gasteiger partial charge in [0.1, 0.15) is 41.4 Å². The highest BCUT2D eigenvalue weighted by molar-refractivity contribution is 7.52. The molecule has 2 aliphatic rings. The average molecular weight is 578 g/mol. The number of carbonyl (C=O) groups excluding carboxylic acids is 1. The van der Waals surface area contributed by atoms with Crippen LogP contribution in [0.4, 0.5) is 5.82 Å². The van der Waals surface area contributed by atoms with E-state index in [0.717, 1.165) is 0 Å². The largest absolute Gasteiger partial charge is 0.459 e. The van der Waals surface area contributed by atoms with E-state index >= 15 is 0 Å². The predicted octanol–water partition coefficient (Wildman–Crippen LogP) is 1.16. The molecule has 0 amide bonds. The Balaban J connectivity index is 1.33. The van der Waals surface area contributed by atoms with Gasteiger partial charge in [0.05, 0.1) is 32.1 Å². The van der Waals surface area contributed by atoms with Crippen LogP contribution >= 0.6 is 7.75 Å². The Hall–Kier alpha value is -3.10. The summed E-state index contributed by atoms with van der Waals surface area (Å²) in [5.41, 5.74) is 3.12. The molecule has 2 saturated heterocycles. The fourth-order valence-corrected chi connectivity index (χ4v) is 6.22. The van der Waals surface area contributed by atoms with Gasteiger partial charge >= 0.3 is 13.7 Å². The maximum Gasteiger partial charge on any atom is 0.459 e. The topological polar surface area (TPSA) is 189 Å². The normalized spacial score (nSPS) is 28.8. The molecule has 0 saturated carbocycles. The van der Waals surface area contributed by atoms with Gasteiger partial charge in [-0.3, -0.25) is 9.32 Å². The molecule has 2 aromatic heterocycles. The number of nitrogens with zero attached hydrogens (tertiary/aromatic N) is 3. The van der Waals surface area contributed by atoms with E-state index in [1.807, 2.05) is 0 Å². The van der Waals surface area contributed by atoms with E-state index in [-0.39, 0.29) is 23.9 Å². The minimum atomic E-state index is -4.26. The number of nitrogen functional groups attached to an aromatic ring is 1. The standard InChI is InChI=1S/C25H32N5O9P/c1-16(22(31)38-18-10-11-35-12-18)29-40(34,39-17-6-4-3-5-7-17)37-13-24(2)23(32)25(33,14-36-24)20-9-8-19-21(26)27-15-28-30(19)20/h3-9,15-16,18,23,32-33H,10-14H2,1-2H3,(H,29,34)(H2,26,27,28)/t16-,18+,23+,24+,25+,40?/m0/s1. The Morgan fingerprint density at radius 1 is 1.32 bits per heavy atom. The number of aliphatic hydroxyl groups is 2. The third kappa shape index (κ3) is 5.56. The number of aromatic nitrogens is 3. The minimum Gasteiger partial charge on any atom is -0.459 e. The molecule has 2 aliphatic heterocycles. The van der Waals surface area contributed by atoms with Gasteiger partial charge in [-0.2, -0.15) is 10.2 Å². The first-order valence-corrected chi connectivity index (χ1v) is 14.3. The van der Waals surface area contributed by atoms with Crippen molar-refractivity contribution < 1.29 is 42.8 Å². The van der Waals surface area contributed by atoms with Crippen molar-refractivity contribution in [3.63, 3.8) is 0 Å². The van der Waals surface area contributed by atoms with Gasteiger partial charge in [0.15, 0.2) is 11.4 Å². The van der Waals surface area contributed by atoms with Crippen molar-refractivity contribution in [2.24, 2.45) is 0 Å². The molecule has 0 bridgehead atoms. The van der Waals surface area contributed by atoms with E-state index in [1.54, 1.807) is 42.5 Å². The predicted molar refractivity (Wildman–Crippen MR) is 140 cm³/mol. The molecule has 0 spiro atoms. The van der Waals surface area contributed by atoms with Gasteiger partial charge in [-0.15, -0.1) is 0 Å². The fraction of sp³-hybridized carbons (Fsp3) is 0.480. The summed E-state index contributed by atoms with van der Waals surface area (Å²) in [6.45, 7) is 2.94. The van der Waals surface area contributed by atoms with Gasteiger partial charge < -0.3 is 34.7 Å². The Bertz CT molecular complexity index is 1400. The van der Waals surface area contributed by atoms with Crippen LogP contribution in [0, 0.1) is 0 Å². The van der Waals surface area contributed by atoms with E-state index in [1.165, 1.54) is 24.7 Å². The summed E-state index contributed by atoms with van der Waals surface area (Å²) in [5, 5.41) is 29.6. The second-order valence-electron chi connectivity index (χ2n) is 10.0. The first-order valence-electron chi connectivity index (χ1n) is 12.7. The molecule has 6 atom stereocenters. The SMILES string of the molecule is C[C@H](NP(=O)(OC[C@@]1(C)OC[C@@](O)(c2ccc3c(N)ncnn23)[C@@H]1O)Oc1ccccc1)C(=O)O[C@@H]1CCOC1. The van der Waals surface area contributed by atoms with Gasteiger partial charge in [0.25, 0.3) is 0 Å². The van der Waals surface area contributed by atoms with Gasteiger partial charge in [-0.1, -0.05) is 18.2 Å². The number of aliphatic hydroxyl groups excluding tert-OH is 1. The summed E-state index contributed by atoms with van der Waals surface area (Å²) >= 11 is 0. The molecule has 216 valence electrons. The first kappa shape index (κ1) is 28.4. The molecule has 3 aromatic rings. The van der Waals surface area contributed by atoms with Crippen molar-refractivity contribution in [1.82, 2.24) is 19.7 Å². The monoisotopic (exact) mass is 577 g/mol. The molecule has 14 nitrogen and oxygen atoms in total. The third-order valence-corrected chi connectivity index (χ3v) is 8.57. The van der Waals surface area contributed by atoms with Crippen LogP contribution in [0.2, 0.25) is 0 Å². The van der Waals surface area contributed by atoms with Crippen molar-refractivity contribution in [3.8, 4) is 5.75 Å². The molecule has 2 fully saturated rings. The second kappa shape index (κ2) is 11.1. The lowest BCUT2D eigenvalue weighted by atomic mass is 9.86. The van der Waals surface area contributed by atoms with Crippen LogP contribution in [-0.4, -0.2) is 81.1 Å². The van der Waals surface area contributed by atoms with Crippen LogP contribution in [0.5, 0.6) is 5.75 Å². The number of fused-ring (bicyclic) bond motifs is 1. The van der Waals surface area contributed by atoms with E-state index in [9.17, 15) is 19.6 Å². The van der Waals surface area contributed by atoms with Crippen molar-refractivity contribution in [1.29, 1.82) is 0 Å². The van der Waals surface area contributed by atoms with E-state index < -0.39 is 49.8 Å². The zero-order valence-electron chi connectivity index (χ0n) is 22.0. The Morgan fingerprint density at radius 3 is 2.83 bits per heavy atom. The van der Waals surface area contributed by atoms with Gasteiger partial charge in [-0.25, -0.2) is 14.1 Å². The zero-order chi connectivity index (χ0) is 28.5. The van der Waals surface area contributed by atoms with Crippen molar-refractivity contribution in [2.75, 3.05) is 32.2 Å². The van der Waals surface area contributed by atoms with E-state index in [4.69, 9.17) is 29.0 Å². The molecule has 1 unspecified atom stereocenters. The van der Waals surface area contributed by atoms with Crippen molar-refractivity contribution in [2.45, 2.75) is 49.7 Å². The van der Waals surface area contributed by atoms with Gasteiger partial charge in [-0.05, 0) is 38.1 Å². The minimum absolute atomic E-state index is 0.197. The summed E-state index contributed by atoms with van der Waals surface area (Å²) in [7, 11) is -4.26. The van der Waals surface area contributed by atoms with Crippen LogP contribution in [-0.2, 0) is 33.7 Å². The van der Waals surface area contributed by atoms with Crippen LogP contribution < -0.4 is 15.3 Å². The number of ether oxygens (including phenoxy) is 3. The fourth-order valence-electron chi connectivity index (χ4n) is 4.64. The number of nitrogens with one attached hydrogen (secondary N) is 1. The second-order valence-corrected chi connectivity index (χ2v) is 11.7. The molecular weight excluding hydrogens is 545 g/mol. The quantitative estimate of drug-likeness (QED) is 0.199. The number of para-hydroxylation sites is 1. The summed E-state index contributed by atoms with van der Waals surface area (Å²) in [6, 6.07) is 10.4. The molecular formula is C25H32N5O9P. The van der Waals surface area contributed by atoms with E-state index in [0.29, 0.717) is 25.2 Å². The van der Waals surface area contributed by atoms with Gasteiger partial charge in [0, 0.05) is 6.42 Å². The smallest absolute Gasteiger partial charge is 0.459 e. The van der Waals surface area contributed by atoms with E-state index in [2.05, 4.69) is 15.2 Å². The molecule has 5 N–H and O–H groups in total. The number of hydrogen-bond donors (Lipinski definition) is 4. The number of rotatable bonds is 10. The number of hydrogen-bond acceptors (Lipinski definition) is 12. The van der Waals surface area contributed by atoms with Crippen molar-refractivity contribution in [3.05, 3.63) is 54.5 Å². The summed E-state index contributed by atoms with van der Waals surface area (Å²) in [4.78, 5) is 16.6. The summed E-state index contributed by atoms with van der Waals surface area (Å²) in [5.74, 6) is -0.243. The maximum atomic E-state index is 13.9. The lowest BCUT2D eigenvalue weighted by molar-refractivity contribution is -0.150. The Labute approximate surface area is 229 Å². The van der Waals surface area contributed by atoms with Crippen LogP contribution in [0.1, 0.15) is 26.0 Å². The van der Waals surface area contributed by atoms with Crippen LogP contribution in [0.25, 0.3) is 5.52 Å². The highest BCUT2D eigenvalue weighted by atomic mass is 31.2. The average Bonchev–Trinajstić information content (AvgIpc) is 3.66. The maximum absolute atomic E-state index is 13.9. The third-order valence-electron chi connectivity index (χ3n) is 6.94. The molecule has 40 heavy (non-hydrogen) atoms. The van der Waals surface area contributed by atoms with Crippen LogP contribution in [0.15, 0.2) is 48.8 Å².